The monoisotopic (exact) mass is 527 g/mol. The summed E-state index contributed by atoms with van der Waals surface area (Å²) >= 11 is 0. The van der Waals surface area contributed by atoms with Gasteiger partial charge >= 0.3 is 5.97 Å². The lowest BCUT2D eigenvalue weighted by molar-refractivity contribution is -0.150. The highest BCUT2D eigenvalue weighted by atomic mass is 16.5. The van der Waals surface area contributed by atoms with Gasteiger partial charge in [-0.1, -0.05) is 33.6 Å². The second kappa shape index (κ2) is 12.1. The van der Waals surface area contributed by atoms with Gasteiger partial charge in [-0.2, -0.15) is 5.26 Å². The summed E-state index contributed by atoms with van der Waals surface area (Å²) < 4.78 is 11.6. The number of aliphatic carboxylic acids is 1. The Morgan fingerprint density at radius 3 is 2.34 bits per heavy atom. The lowest BCUT2D eigenvalue weighted by atomic mass is 9.75. The minimum absolute atomic E-state index is 0.0418. The van der Waals surface area contributed by atoms with E-state index < -0.39 is 11.4 Å². The van der Waals surface area contributed by atoms with Crippen molar-refractivity contribution in [1.82, 2.24) is 10.6 Å². The third-order valence-electron chi connectivity index (χ3n) is 7.73. The molecule has 2 saturated carbocycles. The Labute approximate surface area is 225 Å². The predicted octanol–water partition coefficient (Wildman–Crippen LogP) is 4.43. The van der Waals surface area contributed by atoms with Crippen LogP contribution < -0.4 is 20.1 Å². The fourth-order valence-electron chi connectivity index (χ4n) is 5.18. The van der Waals surface area contributed by atoms with Gasteiger partial charge in [0.25, 0.3) is 5.91 Å². The third-order valence-corrected chi connectivity index (χ3v) is 7.73. The van der Waals surface area contributed by atoms with Gasteiger partial charge in [-0.3, -0.25) is 14.4 Å². The van der Waals surface area contributed by atoms with Crippen molar-refractivity contribution in [2.45, 2.75) is 91.2 Å². The Morgan fingerprint density at radius 2 is 1.76 bits per heavy atom. The van der Waals surface area contributed by atoms with Crippen molar-refractivity contribution in [3.05, 3.63) is 23.3 Å². The van der Waals surface area contributed by atoms with E-state index in [0.29, 0.717) is 45.1 Å². The van der Waals surface area contributed by atoms with Crippen LogP contribution >= 0.6 is 0 Å². The van der Waals surface area contributed by atoms with Crippen molar-refractivity contribution >= 4 is 17.8 Å². The molecular formula is C29H41N3O6. The SMILES string of the molecule is COc1cc(C#N)c(OC2CCC(C)(C(=O)O)CC2)cc1C(=O)N[C@@H]1CCCC[C@@H]1C(=O)NCC(C)(C)C. The van der Waals surface area contributed by atoms with Gasteiger partial charge in [-0.05, 0) is 56.9 Å². The number of hydrogen-bond donors (Lipinski definition) is 3. The number of carbonyl (C=O) groups is 3. The molecule has 2 fully saturated rings. The first-order valence-corrected chi connectivity index (χ1v) is 13.5. The summed E-state index contributed by atoms with van der Waals surface area (Å²) in [5.74, 6) is -1.06. The molecule has 0 unspecified atom stereocenters. The normalized spacial score (nSPS) is 25.5. The van der Waals surface area contributed by atoms with E-state index in [9.17, 15) is 24.8 Å². The highest BCUT2D eigenvalue weighted by Gasteiger charge is 2.38. The van der Waals surface area contributed by atoms with E-state index in [1.165, 1.54) is 19.2 Å². The molecule has 0 radical (unpaired) electrons. The quantitative estimate of drug-likeness (QED) is 0.455. The van der Waals surface area contributed by atoms with Gasteiger partial charge in [0.05, 0.1) is 35.7 Å². The number of carbonyl (C=O) groups excluding carboxylic acids is 2. The zero-order chi connectivity index (χ0) is 28.1. The Morgan fingerprint density at radius 1 is 1.11 bits per heavy atom. The van der Waals surface area contributed by atoms with E-state index in [1.807, 2.05) is 0 Å². The maximum absolute atomic E-state index is 13.5. The molecule has 208 valence electrons. The molecule has 3 N–H and O–H groups in total. The van der Waals surface area contributed by atoms with Crippen molar-refractivity contribution in [2.24, 2.45) is 16.7 Å². The lowest BCUT2D eigenvalue weighted by Crippen LogP contribution is -2.49. The zero-order valence-corrected chi connectivity index (χ0v) is 23.2. The summed E-state index contributed by atoms with van der Waals surface area (Å²) in [4.78, 5) is 38.0. The molecule has 0 heterocycles. The Bertz CT molecular complexity index is 1080. The van der Waals surface area contributed by atoms with E-state index in [4.69, 9.17) is 9.47 Å². The zero-order valence-electron chi connectivity index (χ0n) is 23.2. The van der Waals surface area contributed by atoms with Crippen molar-refractivity contribution in [3.63, 3.8) is 0 Å². The molecule has 3 rings (SSSR count). The maximum atomic E-state index is 13.5. The summed E-state index contributed by atoms with van der Waals surface area (Å²) in [5.41, 5.74) is -0.354. The minimum Gasteiger partial charge on any atom is -0.496 e. The number of benzene rings is 1. The molecule has 2 atom stereocenters. The number of amides is 2. The first-order valence-electron chi connectivity index (χ1n) is 13.5. The Balaban J connectivity index is 1.77. The van der Waals surface area contributed by atoms with Crippen LogP contribution in [0.4, 0.5) is 0 Å². The second-order valence-corrected chi connectivity index (χ2v) is 12.1. The van der Waals surface area contributed by atoms with Gasteiger partial charge in [0, 0.05) is 18.7 Å². The molecule has 1 aromatic rings. The number of nitrogens with one attached hydrogen (secondary N) is 2. The molecule has 9 heteroatoms. The number of methoxy groups -OCH3 is 1. The average Bonchev–Trinajstić information content (AvgIpc) is 2.88. The molecule has 1 aromatic carbocycles. The summed E-state index contributed by atoms with van der Waals surface area (Å²) in [6.45, 7) is 8.47. The molecule has 9 nitrogen and oxygen atoms in total. The van der Waals surface area contributed by atoms with Gasteiger partial charge < -0.3 is 25.2 Å². The molecule has 0 spiro atoms. The van der Waals surface area contributed by atoms with Crippen molar-refractivity contribution in [1.29, 1.82) is 5.26 Å². The molecule has 2 aliphatic carbocycles. The predicted molar refractivity (Wildman–Crippen MR) is 142 cm³/mol. The second-order valence-electron chi connectivity index (χ2n) is 12.1. The summed E-state index contributed by atoms with van der Waals surface area (Å²) in [7, 11) is 1.44. The first-order chi connectivity index (χ1) is 17.9. The number of ether oxygens (including phenoxy) is 2. The van der Waals surface area contributed by atoms with Gasteiger partial charge in [0.2, 0.25) is 5.91 Å². The Kier molecular flexibility index (Phi) is 9.29. The van der Waals surface area contributed by atoms with Crippen LogP contribution in [0.2, 0.25) is 0 Å². The van der Waals surface area contributed by atoms with E-state index >= 15 is 0 Å². The lowest BCUT2D eigenvalue weighted by Gasteiger charge is -2.34. The summed E-state index contributed by atoms with van der Waals surface area (Å²) in [5, 5.41) is 25.3. The molecule has 2 aliphatic rings. The van der Waals surface area contributed by atoms with Crippen LogP contribution in [0.3, 0.4) is 0 Å². The van der Waals surface area contributed by atoms with Crippen LogP contribution in [-0.2, 0) is 9.59 Å². The van der Waals surface area contributed by atoms with E-state index in [0.717, 1.165) is 12.8 Å². The van der Waals surface area contributed by atoms with E-state index in [2.05, 4.69) is 37.5 Å². The van der Waals surface area contributed by atoms with E-state index in [-0.39, 0.29) is 57.9 Å². The fraction of sp³-hybridized carbons (Fsp3) is 0.655. The van der Waals surface area contributed by atoms with Crippen LogP contribution in [0.25, 0.3) is 0 Å². The van der Waals surface area contributed by atoms with Crippen LogP contribution in [-0.4, -0.2) is 48.7 Å². The average molecular weight is 528 g/mol. The summed E-state index contributed by atoms with van der Waals surface area (Å²) in [6.07, 6.45) is 5.01. The highest BCUT2D eigenvalue weighted by Crippen LogP contribution is 2.39. The van der Waals surface area contributed by atoms with E-state index in [1.54, 1.807) is 6.92 Å². The molecule has 38 heavy (non-hydrogen) atoms. The van der Waals surface area contributed by atoms with Gasteiger partial charge in [0.15, 0.2) is 0 Å². The number of carboxylic acids is 1. The minimum atomic E-state index is -0.815. The van der Waals surface area contributed by atoms with Crippen molar-refractivity contribution in [3.8, 4) is 17.6 Å². The molecule has 0 aromatic heterocycles. The molecule has 0 saturated heterocycles. The molecular weight excluding hydrogens is 486 g/mol. The number of nitrogens with zero attached hydrogens (tertiary/aromatic N) is 1. The third kappa shape index (κ3) is 7.18. The van der Waals surface area contributed by atoms with Crippen molar-refractivity contribution < 1.29 is 29.0 Å². The van der Waals surface area contributed by atoms with Crippen LogP contribution in [0.15, 0.2) is 12.1 Å². The van der Waals surface area contributed by atoms with Crippen LogP contribution in [0, 0.1) is 28.1 Å². The maximum Gasteiger partial charge on any atom is 0.309 e. The molecule has 0 bridgehead atoms. The standard InChI is InChI=1S/C29H41N3O6/c1-28(2,3)17-31-25(33)20-8-6-7-9-22(20)32-26(34)21-15-23(18(16-30)14-24(21)37-5)38-19-10-12-29(4,13-11-19)27(35)36/h14-15,19-20,22H,6-13,17H2,1-5H3,(H,31,33)(H,32,34)(H,35,36)/t19?,20-,22+,29?/m0/s1. The highest BCUT2D eigenvalue weighted by molar-refractivity contribution is 5.98. The number of rotatable bonds is 8. The largest absolute Gasteiger partial charge is 0.496 e. The Hall–Kier alpha value is -3.28. The fourth-order valence-corrected chi connectivity index (χ4v) is 5.18. The van der Waals surface area contributed by atoms with Crippen LogP contribution in [0.1, 0.15) is 95.0 Å². The number of nitriles is 1. The molecule has 2 amide bonds. The van der Waals surface area contributed by atoms with Crippen molar-refractivity contribution in [2.75, 3.05) is 13.7 Å². The molecule has 0 aliphatic heterocycles. The summed E-state index contributed by atoms with van der Waals surface area (Å²) in [6, 6.07) is 4.81. The van der Waals surface area contributed by atoms with Gasteiger partial charge in [-0.25, -0.2) is 0 Å². The smallest absolute Gasteiger partial charge is 0.309 e. The number of carboxylic acid groups (broad SMARTS) is 1. The van der Waals surface area contributed by atoms with Crippen LogP contribution in [0.5, 0.6) is 11.5 Å². The number of hydrogen-bond acceptors (Lipinski definition) is 6. The van der Waals surface area contributed by atoms with Gasteiger partial charge in [0.1, 0.15) is 17.6 Å². The van der Waals surface area contributed by atoms with Gasteiger partial charge in [-0.15, -0.1) is 0 Å². The topological polar surface area (TPSA) is 138 Å². The first kappa shape index (κ1) is 29.3.